The average Bonchev–Trinajstić information content (AvgIpc) is 2.34. The fourth-order valence-corrected chi connectivity index (χ4v) is 6.35. The van der Waals surface area contributed by atoms with Crippen LogP contribution in [0.1, 0.15) is 80.1 Å². The van der Waals surface area contributed by atoms with Crippen LogP contribution in [0.4, 0.5) is 0 Å². The first kappa shape index (κ1) is 18.7. The lowest BCUT2D eigenvalue weighted by Gasteiger charge is -2.63. The van der Waals surface area contributed by atoms with Gasteiger partial charge in [0.15, 0.2) is 0 Å². The Bertz CT molecular complexity index is 488. The smallest absolute Gasteiger partial charge is 0.133 e. The summed E-state index contributed by atoms with van der Waals surface area (Å²) >= 11 is 0. The van der Waals surface area contributed by atoms with Gasteiger partial charge in [-0.2, -0.15) is 0 Å². The molecule has 0 aliphatic heterocycles. The molecule has 2 aliphatic carbocycles. The molecule has 2 rings (SSSR count). The van der Waals surface area contributed by atoms with Crippen molar-refractivity contribution in [3.63, 3.8) is 0 Å². The van der Waals surface area contributed by atoms with E-state index in [0.29, 0.717) is 12.3 Å². The Kier molecular flexibility index (Phi) is 4.90. The van der Waals surface area contributed by atoms with E-state index in [1.165, 1.54) is 18.4 Å². The fraction of sp³-hybridized carbons (Fsp3) is 0.857. The predicted molar refractivity (Wildman–Crippen MR) is 96.2 cm³/mol. The summed E-state index contributed by atoms with van der Waals surface area (Å²) in [6.07, 6.45) is 6.08. The van der Waals surface area contributed by atoms with Gasteiger partial charge >= 0.3 is 0 Å². The molecule has 0 aromatic rings. The molecule has 0 amide bonds. The maximum absolute atomic E-state index is 12.4. The second-order valence-corrected chi connectivity index (χ2v) is 9.65. The van der Waals surface area contributed by atoms with Gasteiger partial charge in [0.05, 0.1) is 5.60 Å². The van der Waals surface area contributed by atoms with Gasteiger partial charge in [-0.3, -0.25) is 4.79 Å². The number of rotatable bonds is 4. The molecule has 0 aromatic carbocycles. The van der Waals surface area contributed by atoms with Gasteiger partial charge in [-0.05, 0) is 75.5 Å². The Morgan fingerprint density at radius 2 is 1.78 bits per heavy atom. The number of ketones is 1. The lowest BCUT2D eigenvalue weighted by Crippen LogP contribution is -2.62. The summed E-state index contributed by atoms with van der Waals surface area (Å²) < 4.78 is 0. The van der Waals surface area contributed by atoms with E-state index in [2.05, 4.69) is 34.3 Å². The summed E-state index contributed by atoms with van der Waals surface area (Å²) in [5.41, 5.74) is 0.630. The maximum atomic E-state index is 12.4. The number of Topliss-reactive ketones (excluding diaryl/α,β-unsaturated/α-hetero) is 1. The van der Waals surface area contributed by atoms with Gasteiger partial charge in [-0.25, -0.2) is 0 Å². The van der Waals surface area contributed by atoms with Crippen molar-refractivity contribution >= 4 is 5.78 Å². The van der Waals surface area contributed by atoms with Crippen molar-refractivity contribution in [2.75, 3.05) is 0 Å². The van der Waals surface area contributed by atoms with Gasteiger partial charge in [0, 0.05) is 5.92 Å². The van der Waals surface area contributed by atoms with Crippen molar-refractivity contribution in [3.8, 4) is 0 Å². The van der Waals surface area contributed by atoms with Gasteiger partial charge in [-0.1, -0.05) is 32.8 Å². The van der Waals surface area contributed by atoms with Crippen molar-refractivity contribution in [2.24, 2.45) is 28.6 Å². The number of aliphatic hydroxyl groups is 1. The number of fused-ring (bicyclic) bond motifs is 1. The van der Waals surface area contributed by atoms with E-state index < -0.39 is 5.60 Å². The first-order valence-corrected chi connectivity index (χ1v) is 9.29. The van der Waals surface area contributed by atoms with Crippen LogP contribution in [0.5, 0.6) is 0 Å². The molecule has 2 aliphatic rings. The highest BCUT2D eigenvalue weighted by Crippen LogP contribution is 2.64. The Hall–Kier alpha value is -0.630. The summed E-state index contributed by atoms with van der Waals surface area (Å²) in [5.74, 6) is 0.865. The molecule has 0 radical (unpaired) electrons. The molecule has 2 saturated carbocycles. The number of carbonyl (C=O) groups is 1. The third-order valence-corrected chi connectivity index (χ3v) is 7.05. The van der Waals surface area contributed by atoms with Crippen LogP contribution in [0.2, 0.25) is 0 Å². The largest absolute Gasteiger partial charge is 0.390 e. The molecule has 0 saturated heterocycles. The van der Waals surface area contributed by atoms with E-state index in [4.69, 9.17) is 0 Å². The highest BCUT2D eigenvalue weighted by Gasteiger charge is 2.61. The van der Waals surface area contributed by atoms with E-state index in [1.54, 1.807) is 6.92 Å². The average molecular weight is 321 g/mol. The lowest BCUT2D eigenvalue weighted by atomic mass is 9.42. The number of allylic oxidation sites excluding steroid dienone is 1. The van der Waals surface area contributed by atoms with Crippen molar-refractivity contribution in [2.45, 2.75) is 85.7 Å². The van der Waals surface area contributed by atoms with Gasteiger partial charge in [0.1, 0.15) is 5.78 Å². The molecule has 2 fully saturated rings. The minimum atomic E-state index is -0.759. The quantitative estimate of drug-likeness (QED) is 0.727. The van der Waals surface area contributed by atoms with Crippen molar-refractivity contribution < 1.29 is 9.90 Å². The van der Waals surface area contributed by atoms with Crippen LogP contribution in [-0.4, -0.2) is 16.5 Å². The SMILES string of the molecule is C=C(C)CC[C@@H]1[C@@]2(C)CCCC(C)(C)[C@@H]2[C@@H](C(C)=O)C[C@@]1(C)O. The normalized spacial score (nSPS) is 42.8. The van der Waals surface area contributed by atoms with Crippen molar-refractivity contribution in [1.29, 1.82) is 0 Å². The van der Waals surface area contributed by atoms with Crippen LogP contribution < -0.4 is 0 Å². The monoisotopic (exact) mass is 320 g/mol. The molecular formula is C21H36O2. The van der Waals surface area contributed by atoms with E-state index >= 15 is 0 Å². The lowest BCUT2D eigenvalue weighted by molar-refractivity contribution is -0.196. The van der Waals surface area contributed by atoms with Crippen molar-refractivity contribution in [1.82, 2.24) is 0 Å². The molecule has 0 spiro atoms. The van der Waals surface area contributed by atoms with E-state index in [0.717, 1.165) is 19.3 Å². The zero-order valence-corrected chi connectivity index (χ0v) is 16.0. The molecule has 0 aromatic heterocycles. The van der Waals surface area contributed by atoms with Crippen LogP contribution in [0.25, 0.3) is 0 Å². The van der Waals surface area contributed by atoms with E-state index in [9.17, 15) is 9.90 Å². The summed E-state index contributed by atoms with van der Waals surface area (Å²) in [5, 5.41) is 11.3. The first-order chi connectivity index (χ1) is 10.4. The zero-order chi connectivity index (χ0) is 17.6. The summed E-state index contributed by atoms with van der Waals surface area (Å²) in [7, 11) is 0. The summed E-state index contributed by atoms with van der Waals surface area (Å²) in [6, 6.07) is 0. The van der Waals surface area contributed by atoms with Gasteiger partial charge < -0.3 is 5.11 Å². The van der Waals surface area contributed by atoms with Crippen molar-refractivity contribution in [3.05, 3.63) is 12.2 Å². The third kappa shape index (κ3) is 3.29. The van der Waals surface area contributed by atoms with Crippen LogP contribution in [0, 0.1) is 28.6 Å². The van der Waals surface area contributed by atoms with Crippen LogP contribution >= 0.6 is 0 Å². The number of hydrogen-bond donors (Lipinski definition) is 1. The molecule has 0 bridgehead atoms. The Morgan fingerprint density at radius 3 is 2.30 bits per heavy atom. The fourth-order valence-electron chi connectivity index (χ4n) is 6.35. The highest BCUT2D eigenvalue weighted by atomic mass is 16.3. The van der Waals surface area contributed by atoms with E-state index in [-0.39, 0.29) is 28.4 Å². The summed E-state index contributed by atoms with van der Waals surface area (Å²) in [6.45, 7) is 16.8. The maximum Gasteiger partial charge on any atom is 0.133 e. The topological polar surface area (TPSA) is 37.3 Å². The van der Waals surface area contributed by atoms with Crippen LogP contribution in [0.3, 0.4) is 0 Å². The third-order valence-electron chi connectivity index (χ3n) is 7.05. The molecule has 23 heavy (non-hydrogen) atoms. The van der Waals surface area contributed by atoms with Gasteiger partial charge in [0.25, 0.3) is 0 Å². The Morgan fingerprint density at radius 1 is 1.17 bits per heavy atom. The molecule has 5 atom stereocenters. The predicted octanol–water partition coefficient (Wildman–Crippen LogP) is 5.15. The first-order valence-electron chi connectivity index (χ1n) is 9.29. The number of carbonyl (C=O) groups excluding carboxylic acids is 1. The standard InChI is InChI=1S/C21H36O2/c1-14(2)9-10-17-20(6)12-8-11-19(4,5)18(20)16(15(3)22)13-21(17,7)23/h16-18,23H,1,8-13H2,2-7H3/t16-,17-,18+,20-,21-/m1/s1. The Balaban J connectivity index is 2.47. The van der Waals surface area contributed by atoms with E-state index in [1.807, 2.05) is 6.92 Å². The molecule has 2 heteroatoms. The second-order valence-electron chi connectivity index (χ2n) is 9.65. The zero-order valence-electron chi connectivity index (χ0n) is 16.0. The minimum Gasteiger partial charge on any atom is -0.390 e. The van der Waals surface area contributed by atoms with Crippen LogP contribution in [-0.2, 0) is 4.79 Å². The second kappa shape index (κ2) is 6.02. The Labute approximate surface area is 142 Å². The molecule has 0 unspecified atom stereocenters. The summed E-state index contributed by atoms with van der Waals surface area (Å²) in [4.78, 5) is 12.4. The van der Waals surface area contributed by atoms with Crippen LogP contribution in [0.15, 0.2) is 12.2 Å². The molecule has 0 heterocycles. The molecular weight excluding hydrogens is 284 g/mol. The minimum absolute atomic E-state index is 0.00798. The van der Waals surface area contributed by atoms with Gasteiger partial charge in [0.2, 0.25) is 0 Å². The number of hydrogen-bond acceptors (Lipinski definition) is 2. The van der Waals surface area contributed by atoms with Gasteiger partial charge in [-0.15, -0.1) is 6.58 Å². The highest BCUT2D eigenvalue weighted by molar-refractivity contribution is 5.79. The molecule has 2 nitrogen and oxygen atoms in total. The molecule has 1 N–H and O–H groups in total. The molecule has 132 valence electrons.